The van der Waals surface area contributed by atoms with Crippen LogP contribution in [-0.4, -0.2) is 51.8 Å². The summed E-state index contributed by atoms with van der Waals surface area (Å²) in [6, 6.07) is 9.64. The fourth-order valence-corrected chi connectivity index (χ4v) is 4.15. The van der Waals surface area contributed by atoms with E-state index in [2.05, 4.69) is 4.98 Å². The third kappa shape index (κ3) is 3.86. The second-order valence-corrected chi connectivity index (χ2v) is 7.68. The minimum absolute atomic E-state index is 0.102. The molecule has 1 spiro atoms. The molecule has 0 N–H and O–H groups in total. The molecule has 0 bridgehead atoms. The van der Waals surface area contributed by atoms with Crippen LogP contribution >= 0.6 is 0 Å². The third-order valence-electron chi connectivity index (χ3n) is 5.72. The van der Waals surface area contributed by atoms with Gasteiger partial charge >= 0.3 is 0 Å². The Morgan fingerprint density at radius 1 is 1.26 bits per heavy atom. The quantitative estimate of drug-likeness (QED) is 0.835. The predicted octanol–water partition coefficient (Wildman–Crippen LogP) is 2.96. The number of hydrogen-bond donors (Lipinski definition) is 0. The van der Waals surface area contributed by atoms with Crippen molar-refractivity contribution in [3.05, 3.63) is 47.9 Å². The Bertz CT molecular complexity index is 809. The van der Waals surface area contributed by atoms with E-state index in [0.717, 1.165) is 50.2 Å². The highest BCUT2D eigenvalue weighted by atomic mass is 16.5. The van der Waals surface area contributed by atoms with Gasteiger partial charge in [0.25, 0.3) is 5.91 Å². The zero-order valence-corrected chi connectivity index (χ0v) is 16.1. The first-order chi connectivity index (χ1) is 13.0. The number of aromatic nitrogens is 2. The first-order valence-electron chi connectivity index (χ1n) is 9.70. The Labute approximate surface area is 160 Å². The highest BCUT2D eigenvalue weighted by Crippen LogP contribution is 2.36. The van der Waals surface area contributed by atoms with Crippen LogP contribution in [0.15, 0.2) is 36.5 Å². The second-order valence-electron chi connectivity index (χ2n) is 7.68. The number of hydrogen-bond acceptors (Lipinski definition) is 4. The Hall–Kier alpha value is -2.34. The molecule has 2 aromatic heterocycles. The Morgan fingerprint density at radius 3 is 2.78 bits per heavy atom. The van der Waals surface area contributed by atoms with E-state index in [-0.39, 0.29) is 17.6 Å². The summed E-state index contributed by atoms with van der Waals surface area (Å²) < 4.78 is 14.2. The van der Waals surface area contributed by atoms with Gasteiger partial charge in [-0.2, -0.15) is 0 Å². The van der Waals surface area contributed by atoms with E-state index in [1.807, 2.05) is 60.0 Å². The van der Waals surface area contributed by atoms with Gasteiger partial charge in [0, 0.05) is 50.9 Å². The number of piperidine rings is 1. The maximum atomic E-state index is 12.7. The summed E-state index contributed by atoms with van der Waals surface area (Å²) in [4.78, 5) is 19.1. The minimum Gasteiger partial charge on any atom is -0.474 e. The molecule has 6 heteroatoms. The van der Waals surface area contributed by atoms with Crippen LogP contribution in [0.5, 0.6) is 5.88 Å². The molecule has 2 aliphatic rings. The molecule has 2 fully saturated rings. The number of likely N-dealkylation sites (tertiary alicyclic amines) is 1. The lowest BCUT2D eigenvalue weighted by Crippen LogP contribution is -2.52. The molecule has 1 unspecified atom stereocenters. The van der Waals surface area contributed by atoms with Gasteiger partial charge in [0.2, 0.25) is 5.88 Å². The number of amides is 1. The van der Waals surface area contributed by atoms with Crippen molar-refractivity contribution in [2.24, 2.45) is 7.05 Å². The molecular formula is C21H27N3O3. The molecule has 1 amide bonds. The normalized spacial score (nSPS) is 22.0. The van der Waals surface area contributed by atoms with Crippen LogP contribution in [0, 0.1) is 6.92 Å². The minimum atomic E-state index is -0.183. The van der Waals surface area contributed by atoms with Crippen molar-refractivity contribution in [3.63, 3.8) is 0 Å². The molecule has 0 aliphatic carbocycles. The summed E-state index contributed by atoms with van der Waals surface area (Å²) in [7, 11) is 1.91. The van der Waals surface area contributed by atoms with E-state index >= 15 is 0 Å². The summed E-state index contributed by atoms with van der Waals surface area (Å²) in [5, 5.41) is 0. The van der Waals surface area contributed by atoms with Crippen LogP contribution in [0.25, 0.3) is 0 Å². The van der Waals surface area contributed by atoms with Gasteiger partial charge < -0.3 is 18.9 Å². The van der Waals surface area contributed by atoms with Crippen LogP contribution in [0.1, 0.15) is 41.9 Å². The highest BCUT2D eigenvalue weighted by Gasteiger charge is 2.42. The fourth-order valence-electron chi connectivity index (χ4n) is 4.15. The number of carbonyl (C=O) groups excluding carboxylic acids is 1. The Kier molecular flexibility index (Phi) is 4.91. The number of ether oxygens (including phenoxy) is 2. The monoisotopic (exact) mass is 369 g/mol. The van der Waals surface area contributed by atoms with E-state index in [4.69, 9.17) is 9.47 Å². The van der Waals surface area contributed by atoms with Gasteiger partial charge in [-0.05, 0) is 38.0 Å². The van der Waals surface area contributed by atoms with Crippen molar-refractivity contribution < 1.29 is 14.3 Å². The molecule has 4 rings (SSSR count). The number of nitrogens with zero attached hydrogens (tertiary/aromatic N) is 3. The number of aryl methyl sites for hydroxylation is 2. The van der Waals surface area contributed by atoms with Crippen molar-refractivity contribution in [2.75, 3.05) is 19.7 Å². The zero-order valence-electron chi connectivity index (χ0n) is 16.1. The lowest BCUT2D eigenvalue weighted by Gasteiger charge is -2.45. The molecule has 0 saturated carbocycles. The van der Waals surface area contributed by atoms with E-state index in [1.54, 1.807) is 0 Å². The van der Waals surface area contributed by atoms with Crippen molar-refractivity contribution in [2.45, 2.75) is 44.3 Å². The first kappa shape index (κ1) is 18.0. The second kappa shape index (κ2) is 7.35. The SMILES string of the molecule is Cc1cccc(OC2CCOC3(CCN(C(=O)c4cccn4C)CC3)C2)n1. The van der Waals surface area contributed by atoms with E-state index < -0.39 is 0 Å². The van der Waals surface area contributed by atoms with Gasteiger partial charge in [0.1, 0.15) is 11.8 Å². The van der Waals surface area contributed by atoms with Crippen molar-refractivity contribution in [1.29, 1.82) is 0 Å². The summed E-state index contributed by atoms with van der Waals surface area (Å²) >= 11 is 0. The molecule has 2 aliphatic heterocycles. The van der Waals surface area contributed by atoms with Gasteiger partial charge in [-0.3, -0.25) is 4.79 Å². The van der Waals surface area contributed by atoms with Crippen LogP contribution in [0.2, 0.25) is 0 Å². The molecular weight excluding hydrogens is 342 g/mol. The number of rotatable bonds is 3. The highest BCUT2D eigenvalue weighted by molar-refractivity contribution is 5.92. The first-order valence-corrected chi connectivity index (χ1v) is 9.70. The molecule has 4 heterocycles. The summed E-state index contributed by atoms with van der Waals surface area (Å²) in [6.45, 7) is 4.11. The maximum absolute atomic E-state index is 12.7. The maximum Gasteiger partial charge on any atom is 0.270 e. The van der Waals surface area contributed by atoms with Gasteiger partial charge in [0.05, 0.1) is 12.2 Å². The van der Waals surface area contributed by atoms with Crippen molar-refractivity contribution in [3.8, 4) is 5.88 Å². The number of carbonyl (C=O) groups is 1. The van der Waals surface area contributed by atoms with Gasteiger partial charge in [-0.25, -0.2) is 4.98 Å². The van der Waals surface area contributed by atoms with Crippen LogP contribution in [0.3, 0.4) is 0 Å². The summed E-state index contributed by atoms with van der Waals surface area (Å²) in [5.41, 5.74) is 1.52. The van der Waals surface area contributed by atoms with Crippen LogP contribution < -0.4 is 4.74 Å². The molecule has 0 radical (unpaired) electrons. The topological polar surface area (TPSA) is 56.6 Å². The molecule has 2 aromatic rings. The summed E-state index contributed by atoms with van der Waals surface area (Å²) in [5.74, 6) is 0.790. The van der Waals surface area contributed by atoms with Gasteiger partial charge in [-0.15, -0.1) is 0 Å². The van der Waals surface area contributed by atoms with Crippen LogP contribution in [-0.2, 0) is 11.8 Å². The van der Waals surface area contributed by atoms with Crippen molar-refractivity contribution in [1.82, 2.24) is 14.5 Å². The Balaban J connectivity index is 1.37. The molecule has 2 saturated heterocycles. The average Bonchev–Trinajstić information content (AvgIpc) is 3.08. The Morgan fingerprint density at radius 2 is 2.07 bits per heavy atom. The predicted molar refractivity (Wildman–Crippen MR) is 102 cm³/mol. The van der Waals surface area contributed by atoms with E-state index in [1.165, 1.54) is 0 Å². The van der Waals surface area contributed by atoms with Crippen LogP contribution in [0.4, 0.5) is 0 Å². The molecule has 6 nitrogen and oxygen atoms in total. The van der Waals surface area contributed by atoms with Crippen molar-refractivity contribution >= 4 is 5.91 Å². The average molecular weight is 369 g/mol. The molecule has 27 heavy (non-hydrogen) atoms. The molecule has 144 valence electrons. The van der Waals surface area contributed by atoms with Gasteiger partial charge in [0.15, 0.2) is 0 Å². The van der Waals surface area contributed by atoms with E-state index in [0.29, 0.717) is 12.5 Å². The van der Waals surface area contributed by atoms with E-state index in [9.17, 15) is 4.79 Å². The fraction of sp³-hybridized carbons (Fsp3) is 0.524. The lowest BCUT2D eigenvalue weighted by molar-refractivity contribution is -0.135. The standard InChI is InChI=1S/C21H27N3O3/c1-16-5-3-7-19(22-16)27-17-8-14-26-21(15-17)9-12-24(13-10-21)20(25)18-6-4-11-23(18)2/h3-7,11,17H,8-10,12-15H2,1-2H3. The third-order valence-corrected chi connectivity index (χ3v) is 5.72. The largest absolute Gasteiger partial charge is 0.474 e. The smallest absolute Gasteiger partial charge is 0.270 e. The number of pyridine rings is 1. The zero-order chi connectivity index (χ0) is 18.9. The van der Waals surface area contributed by atoms with Gasteiger partial charge in [-0.1, -0.05) is 6.07 Å². The molecule has 1 atom stereocenters. The lowest BCUT2D eigenvalue weighted by atomic mass is 9.83. The summed E-state index contributed by atoms with van der Waals surface area (Å²) in [6.07, 6.45) is 5.46. The molecule has 0 aromatic carbocycles.